The maximum atomic E-state index is 12.2. The Labute approximate surface area is 149 Å². The van der Waals surface area contributed by atoms with Crippen molar-refractivity contribution in [3.05, 3.63) is 70.7 Å². The molecule has 2 aromatic rings. The van der Waals surface area contributed by atoms with E-state index >= 15 is 0 Å². The predicted octanol–water partition coefficient (Wildman–Crippen LogP) is 3.92. The molecule has 128 valence electrons. The molecule has 0 spiro atoms. The fourth-order valence-electron chi connectivity index (χ4n) is 2.95. The number of hydrogen-bond donors (Lipinski definition) is 1. The van der Waals surface area contributed by atoms with E-state index in [9.17, 15) is 8.42 Å². The highest BCUT2D eigenvalue weighted by atomic mass is 35.5. The summed E-state index contributed by atoms with van der Waals surface area (Å²) in [5.41, 5.74) is 2.29. The van der Waals surface area contributed by atoms with Gasteiger partial charge in [-0.25, -0.2) is 13.1 Å². The summed E-state index contributed by atoms with van der Waals surface area (Å²) in [6.45, 7) is 0.475. The monoisotopic (exact) mass is 363 g/mol. The third-order valence-corrected chi connectivity index (χ3v) is 6.32. The van der Waals surface area contributed by atoms with E-state index < -0.39 is 10.0 Å². The van der Waals surface area contributed by atoms with Crippen molar-refractivity contribution < 1.29 is 8.42 Å². The minimum atomic E-state index is -3.24. The van der Waals surface area contributed by atoms with E-state index in [0.717, 1.165) is 19.3 Å². The van der Waals surface area contributed by atoms with Gasteiger partial charge in [0.15, 0.2) is 0 Å². The zero-order valence-electron chi connectivity index (χ0n) is 13.5. The first-order valence-corrected chi connectivity index (χ1v) is 10.3. The van der Waals surface area contributed by atoms with Gasteiger partial charge in [-0.3, -0.25) is 0 Å². The Morgan fingerprint density at radius 3 is 2.29 bits per heavy atom. The van der Waals surface area contributed by atoms with Crippen LogP contribution in [0.5, 0.6) is 0 Å². The third kappa shape index (κ3) is 4.59. The van der Waals surface area contributed by atoms with Gasteiger partial charge in [0.25, 0.3) is 0 Å². The summed E-state index contributed by atoms with van der Waals surface area (Å²) in [7, 11) is -3.24. The predicted molar refractivity (Wildman–Crippen MR) is 98.9 cm³/mol. The number of rotatable bonds is 8. The summed E-state index contributed by atoms with van der Waals surface area (Å²) in [5.74, 6) is 0.165. The fraction of sp³-hybridized carbons (Fsp3) is 0.368. The van der Waals surface area contributed by atoms with Gasteiger partial charge >= 0.3 is 0 Å². The summed E-state index contributed by atoms with van der Waals surface area (Å²) in [6, 6.07) is 17.7. The van der Waals surface area contributed by atoms with Gasteiger partial charge in [-0.15, -0.1) is 0 Å². The Bertz CT molecular complexity index is 769. The molecule has 5 heteroatoms. The first-order chi connectivity index (χ1) is 11.5. The van der Waals surface area contributed by atoms with Gasteiger partial charge in [-0.05, 0) is 48.9 Å². The van der Waals surface area contributed by atoms with Crippen LogP contribution in [0.15, 0.2) is 54.6 Å². The Kier molecular flexibility index (Phi) is 5.28. The normalized spacial score (nSPS) is 16.0. The lowest BCUT2D eigenvalue weighted by atomic mass is 9.96. The molecule has 0 bridgehead atoms. The summed E-state index contributed by atoms with van der Waals surface area (Å²) >= 11 is 5.93. The van der Waals surface area contributed by atoms with E-state index in [1.54, 1.807) is 0 Å². The second-order valence-electron chi connectivity index (χ2n) is 6.52. The van der Waals surface area contributed by atoms with Crippen molar-refractivity contribution in [1.82, 2.24) is 4.72 Å². The maximum absolute atomic E-state index is 12.2. The van der Waals surface area contributed by atoms with Crippen molar-refractivity contribution in [2.45, 2.75) is 31.1 Å². The lowest BCUT2D eigenvalue weighted by Gasteiger charge is -2.17. The minimum absolute atomic E-state index is 0.0446. The standard InChI is InChI=1S/C19H22ClNO2S/c20-18-10-8-17(9-11-18)19(12-13-19)15-21-24(22,23)14-4-7-16-5-2-1-3-6-16/h1-3,5-6,8-11,21H,4,7,12-15H2. The molecule has 1 aliphatic carbocycles. The summed E-state index contributed by atoms with van der Waals surface area (Å²) in [6.07, 6.45) is 3.44. The quantitative estimate of drug-likeness (QED) is 0.772. The van der Waals surface area contributed by atoms with E-state index in [4.69, 9.17) is 11.6 Å². The second kappa shape index (κ2) is 7.26. The lowest BCUT2D eigenvalue weighted by molar-refractivity contribution is 0.564. The van der Waals surface area contributed by atoms with E-state index in [1.807, 2.05) is 54.6 Å². The molecule has 1 fully saturated rings. The Hall–Kier alpha value is -1.36. The largest absolute Gasteiger partial charge is 0.214 e. The fourth-order valence-corrected chi connectivity index (χ4v) is 4.24. The van der Waals surface area contributed by atoms with Gasteiger partial charge < -0.3 is 0 Å². The number of sulfonamides is 1. The van der Waals surface area contributed by atoms with Crippen LogP contribution in [0.4, 0.5) is 0 Å². The summed E-state index contributed by atoms with van der Waals surface area (Å²) in [4.78, 5) is 0. The molecule has 0 saturated heterocycles. The Balaban J connectivity index is 1.51. The van der Waals surface area contributed by atoms with Crippen LogP contribution in [0.25, 0.3) is 0 Å². The highest BCUT2D eigenvalue weighted by Gasteiger charge is 2.44. The molecule has 3 nitrogen and oxygen atoms in total. The van der Waals surface area contributed by atoms with Crippen molar-refractivity contribution in [3.63, 3.8) is 0 Å². The Morgan fingerprint density at radius 1 is 1.00 bits per heavy atom. The zero-order valence-corrected chi connectivity index (χ0v) is 15.1. The van der Waals surface area contributed by atoms with Crippen LogP contribution in [0.2, 0.25) is 5.02 Å². The summed E-state index contributed by atoms with van der Waals surface area (Å²) < 4.78 is 27.3. The van der Waals surface area contributed by atoms with Crippen LogP contribution < -0.4 is 4.72 Å². The van der Waals surface area contributed by atoms with Crippen LogP contribution in [-0.4, -0.2) is 20.7 Å². The van der Waals surface area contributed by atoms with Crippen molar-refractivity contribution in [2.75, 3.05) is 12.3 Å². The van der Waals surface area contributed by atoms with Crippen molar-refractivity contribution in [3.8, 4) is 0 Å². The minimum Gasteiger partial charge on any atom is -0.214 e. The average Bonchev–Trinajstić information content (AvgIpc) is 3.36. The van der Waals surface area contributed by atoms with Crippen LogP contribution in [0.3, 0.4) is 0 Å². The molecule has 0 amide bonds. The van der Waals surface area contributed by atoms with Crippen LogP contribution in [0.1, 0.15) is 30.4 Å². The van der Waals surface area contributed by atoms with E-state index in [-0.39, 0.29) is 11.2 Å². The van der Waals surface area contributed by atoms with Crippen molar-refractivity contribution in [2.24, 2.45) is 0 Å². The molecular formula is C19H22ClNO2S. The second-order valence-corrected chi connectivity index (χ2v) is 8.88. The molecule has 3 rings (SSSR count). The number of nitrogens with one attached hydrogen (secondary N) is 1. The van der Waals surface area contributed by atoms with Crippen LogP contribution in [0, 0.1) is 0 Å². The van der Waals surface area contributed by atoms with Gasteiger partial charge in [0, 0.05) is 17.0 Å². The molecule has 1 aliphatic rings. The summed E-state index contributed by atoms with van der Waals surface area (Å²) in [5, 5.41) is 0.705. The van der Waals surface area contributed by atoms with E-state index in [1.165, 1.54) is 11.1 Å². The maximum Gasteiger partial charge on any atom is 0.211 e. The molecule has 0 atom stereocenters. The average molecular weight is 364 g/mol. The zero-order chi connectivity index (χ0) is 17.0. The molecule has 0 aromatic heterocycles. The number of halogens is 1. The van der Waals surface area contributed by atoms with E-state index in [2.05, 4.69) is 4.72 Å². The lowest BCUT2D eigenvalue weighted by Crippen LogP contribution is -2.34. The van der Waals surface area contributed by atoms with E-state index in [0.29, 0.717) is 18.0 Å². The molecule has 24 heavy (non-hydrogen) atoms. The molecule has 0 unspecified atom stereocenters. The highest BCUT2D eigenvalue weighted by Crippen LogP contribution is 2.47. The SMILES string of the molecule is O=S(=O)(CCCc1ccccc1)NCC1(c2ccc(Cl)cc2)CC1. The highest BCUT2D eigenvalue weighted by molar-refractivity contribution is 7.89. The van der Waals surface area contributed by atoms with Crippen LogP contribution >= 0.6 is 11.6 Å². The smallest absolute Gasteiger partial charge is 0.211 e. The molecule has 0 radical (unpaired) electrons. The first kappa shape index (κ1) is 17.5. The van der Waals surface area contributed by atoms with Crippen molar-refractivity contribution in [1.29, 1.82) is 0 Å². The first-order valence-electron chi connectivity index (χ1n) is 8.26. The van der Waals surface area contributed by atoms with Gasteiger partial charge in [-0.1, -0.05) is 54.1 Å². The number of aryl methyl sites for hydroxylation is 1. The molecule has 0 aliphatic heterocycles. The topological polar surface area (TPSA) is 46.2 Å². The Morgan fingerprint density at radius 2 is 1.67 bits per heavy atom. The van der Waals surface area contributed by atoms with Gasteiger partial charge in [0.1, 0.15) is 0 Å². The molecule has 2 aromatic carbocycles. The van der Waals surface area contributed by atoms with Gasteiger partial charge in [0.05, 0.1) is 5.75 Å². The van der Waals surface area contributed by atoms with Crippen LogP contribution in [-0.2, 0) is 21.9 Å². The van der Waals surface area contributed by atoms with Gasteiger partial charge in [0.2, 0.25) is 10.0 Å². The van der Waals surface area contributed by atoms with Gasteiger partial charge in [-0.2, -0.15) is 0 Å². The molecule has 1 saturated carbocycles. The number of hydrogen-bond acceptors (Lipinski definition) is 2. The third-order valence-electron chi connectivity index (χ3n) is 4.66. The molecular weight excluding hydrogens is 342 g/mol. The molecule has 1 N–H and O–H groups in total. The van der Waals surface area contributed by atoms with Crippen molar-refractivity contribution >= 4 is 21.6 Å². The molecule has 0 heterocycles. The number of benzene rings is 2.